The van der Waals surface area contributed by atoms with Crippen LogP contribution in [0.3, 0.4) is 0 Å². The van der Waals surface area contributed by atoms with Crippen LogP contribution in [0.2, 0.25) is 0 Å². The Labute approximate surface area is 229 Å². The highest BCUT2D eigenvalue weighted by Crippen LogP contribution is 2.67. The molecule has 0 aliphatic rings. The van der Waals surface area contributed by atoms with Gasteiger partial charge in [-0.2, -0.15) is 87.8 Å². The highest BCUT2D eigenvalue weighted by molar-refractivity contribution is 5.86. The van der Waals surface area contributed by atoms with Gasteiger partial charge in [0.15, 0.2) is 0 Å². The molecule has 0 aromatic carbocycles. The van der Waals surface area contributed by atoms with E-state index in [-0.39, 0.29) is 6.92 Å². The third kappa shape index (κ3) is 6.18. The molecule has 1 unspecified atom stereocenters. The van der Waals surface area contributed by atoms with Crippen molar-refractivity contribution in [1.29, 1.82) is 0 Å². The zero-order chi connectivity index (χ0) is 36.1. The maximum Gasteiger partial charge on any atom is 0.438 e. The normalized spacial score (nSPS) is 16.0. The van der Waals surface area contributed by atoms with Crippen molar-refractivity contribution < 1.29 is 111 Å². The Morgan fingerprint density at radius 1 is 0.568 bits per heavy atom. The summed E-state index contributed by atoms with van der Waals surface area (Å²) in [6.45, 7) is 2.15. The third-order valence-corrected chi connectivity index (χ3v) is 5.21. The number of carbonyl (C=O) groups is 2. The summed E-state index contributed by atoms with van der Waals surface area (Å²) in [5.74, 6) is -64.8. The summed E-state index contributed by atoms with van der Waals surface area (Å²) in [6, 6.07) is 0. The molecule has 25 heteroatoms. The molecular weight excluding hydrogens is 691 g/mol. The van der Waals surface area contributed by atoms with Gasteiger partial charge in [-0.25, -0.2) is 9.18 Å². The zero-order valence-corrected chi connectivity index (χ0v) is 20.8. The fraction of sp³-hybridized carbons (Fsp3) is 0.789. The van der Waals surface area contributed by atoms with E-state index < -0.39 is 96.1 Å². The average Bonchev–Trinajstić information content (AvgIpc) is 2.78. The standard InChI is InChI=1S/C19H13F21O4/c1-6(2)9(42)43-5-8(44-7(3)41)4-10(20,21)12(23,24)14(27,28)16(31,32)17(33,34)15(29,30)13(25,26)11(22,18(35,36)37)19(38,39)40/h8H,1,4-5H2,2-3H3. The lowest BCUT2D eigenvalue weighted by Gasteiger charge is -2.45. The third-order valence-electron chi connectivity index (χ3n) is 5.21. The molecule has 0 aliphatic heterocycles. The number of carbonyl (C=O) groups excluding carboxylic acids is 2. The molecule has 260 valence electrons. The Hall–Kier alpha value is -2.79. The van der Waals surface area contributed by atoms with Crippen molar-refractivity contribution in [3.05, 3.63) is 12.2 Å². The van der Waals surface area contributed by atoms with Gasteiger partial charge >= 0.3 is 71.4 Å². The molecule has 0 aliphatic carbocycles. The number of halogens is 21. The molecule has 0 bridgehead atoms. The highest BCUT2D eigenvalue weighted by Gasteiger charge is 2.99. The van der Waals surface area contributed by atoms with Gasteiger partial charge in [0.2, 0.25) is 0 Å². The van der Waals surface area contributed by atoms with E-state index in [1.165, 1.54) is 0 Å². The lowest BCUT2D eigenvalue weighted by atomic mass is 9.82. The van der Waals surface area contributed by atoms with E-state index >= 15 is 0 Å². The zero-order valence-electron chi connectivity index (χ0n) is 20.8. The number of rotatable bonds is 13. The molecule has 0 aromatic rings. The molecule has 0 saturated carbocycles. The Bertz CT molecular complexity index is 1070. The Balaban J connectivity index is 7.06. The van der Waals surface area contributed by atoms with Gasteiger partial charge in [0.25, 0.3) is 0 Å². The first-order valence-corrected chi connectivity index (χ1v) is 10.3. The highest BCUT2D eigenvalue weighted by atomic mass is 19.4. The minimum atomic E-state index is -9.38. The predicted octanol–water partition coefficient (Wildman–Crippen LogP) is 7.71. The van der Waals surface area contributed by atoms with Gasteiger partial charge in [-0.15, -0.1) is 0 Å². The summed E-state index contributed by atoms with van der Waals surface area (Å²) < 4.78 is 291. The van der Waals surface area contributed by atoms with E-state index in [0.717, 1.165) is 6.92 Å². The van der Waals surface area contributed by atoms with Gasteiger partial charge in [-0.05, 0) is 6.92 Å². The van der Waals surface area contributed by atoms with Crippen molar-refractivity contribution in [2.24, 2.45) is 0 Å². The molecule has 0 aromatic heterocycles. The van der Waals surface area contributed by atoms with Crippen molar-refractivity contribution in [3.8, 4) is 0 Å². The predicted molar refractivity (Wildman–Crippen MR) is 96.5 cm³/mol. The smallest absolute Gasteiger partial charge is 0.438 e. The van der Waals surface area contributed by atoms with Gasteiger partial charge in [0.05, 0.1) is 6.42 Å². The van der Waals surface area contributed by atoms with E-state index in [0.29, 0.717) is 0 Å². The first kappa shape index (κ1) is 41.2. The lowest BCUT2D eigenvalue weighted by Crippen LogP contribution is -2.78. The van der Waals surface area contributed by atoms with E-state index in [1.54, 1.807) is 0 Å². The number of hydrogen-bond donors (Lipinski definition) is 0. The molecule has 0 N–H and O–H groups in total. The molecule has 0 rings (SSSR count). The summed E-state index contributed by atoms with van der Waals surface area (Å²) in [5, 5.41) is 0. The molecular formula is C19H13F21O4. The van der Waals surface area contributed by atoms with Crippen LogP contribution < -0.4 is 0 Å². The quantitative estimate of drug-likeness (QED) is 0.112. The molecule has 0 amide bonds. The Kier molecular flexibility index (Phi) is 10.8. The largest absolute Gasteiger partial charge is 0.459 e. The van der Waals surface area contributed by atoms with Crippen molar-refractivity contribution >= 4 is 11.9 Å². The fourth-order valence-corrected chi connectivity index (χ4v) is 2.83. The minimum Gasteiger partial charge on any atom is -0.459 e. The van der Waals surface area contributed by atoms with Crippen LogP contribution in [-0.4, -0.2) is 84.1 Å². The minimum absolute atomic E-state index is 0.266. The number of alkyl halides is 21. The lowest BCUT2D eigenvalue weighted by molar-refractivity contribution is -0.477. The first-order valence-electron chi connectivity index (χ1n) is 10.3. The average molecular weight is 704 g/mol. The monoisotopic (exact) mass is 704 g/mol. The van der Waals surface area contributed by atoms with Crippen molar-refractivity contribution in [2.45, 2.75) is 85.9 Å². The Morgan fingerprint density at radius 3 is 1.18 bits per heavy atom. The molecule has 0 spiro atoms. The van der Waals surface area contributed by atoms with Crippen LogP contribution in [0.25, 0.3) is 0 Å². The molecule has 0 heterocycles. The second kappa shape index (κ2) is 11.5. The SMILES string of the molecule is C=C(C)C(=O)OCC(CC(F)(F)C(F)(F)C(F)(F)C(F)(F)C(F)(F)C(F)(F)C(F)(F)C(F)(C(F)(F)F)C(F)(F)F)OC(C)=O. The van der Waals surface area contributed by atoms with Gasteiger partial charge < -0.3 is 9.47 Å². The van der Waals surface area contributed by atoms with Crippen LogP contribution in [0.1, 0.15) is 20.3 Å². The molecule has 1 atom stereocenters. The van der Waals surface area contributed by atoms with E-state index in [2.05, 4.69) is 16.1 Å². The van der Waals surface area contributed by atoms with Gasteiger partial charge in [0.1, 0.15) is 12.7 Å². The van der Waals surface area contributed by atoms with E-state index in [4.69, 9.17) is 0 Å². The van der Waals surface area contributed by atoms with Gasteiger partial charge in [-0.3, -0.25) is 4.79 Å². The van der Waals surface area contributed by atoms with Crippen LogP contribution in [0.4, 0.5) is 92.2 Å². The van der Waals surface area contributed by atoms with Crippen LogP contribution >= 0.6 is 0 Å². The summed E-state index contributed by atoms with van der Waals surface area (Å²) in [5.41, 5.74) is -9.58. The van der Waals surface area contributed by atoms with Crippen molar-refractivity contribution in [2.75, 3.05) is 6.61 Å². The summed E-state index contributed by atoms with van der Waals surface area (Å²) >= 11 is 0. The summed E-state index contributed by atoms with van der Waals surface area (Å²) in [7, 11) is 0. The number of ether oxygens (including phenoxy) is 2. The van der Waals surface area contributed by atoms with Crippen molar-refractivity contribution in [3.63, 3.8) is 0 Å². The van der Waals surface area contributed by atoms with Gasteiger partial charge in [-0.1, -0.05) is 6.58 Å². The fourth-order valence-electron chi connectivity index (χ4n) is 2.83. The summed E-state index contributed by atoms with van der Waals surface area (Å²) in [6.07, 6.45) is -23.4. The number of esters is 2. The molecule has 44 heavy (non-hydrogen) atoms. The first-order chi connectivity index (χ1) is 18.9. The number of hydrogen-bond acceptors (Lipinski definition) is 4. The molecule has 0 saturated heterocycles. The van der Waals surface area contributed by atoms with Crippen LogP contribution in [0.5, 0.6) is 0 Å². The van der Waals surface area contributed by atoms with Crippen LogP contribution in [0, 0.1) is 0 Å². The molecule has 4 nitrogen and oxygen atoms in total. The van der Waals surface area contributed by atoms with Crippen molar-refractivity contribution in [1.82, 2.24) is 0 Å². The Morgan fingerprint density at radius 2 is 0.886 bits per heavy atom. The molecule has 0 radical (unpaired) electrons. The van der Waals surface area contributed by atoms with E-state index in [1.807, 2.05) is 0 Å². The maximum absolute atomic E-state index is 14.2. The van der Waals surface area contributed by atoms with E-state index in [9.17, 15) is 102 Å². The second-order valence-corrected chi connectivity index (χ2v) is 8.62. The summed E-state index contributed by atoms with van der Waals surface area (Å²) in [4.78, 5) is 22.2. The maximum atomic E-state index is 14.2. The second-order valence-electron chi connectivity index (χ2n) is 8.62. The van der Waals surface area contributed by atoms with Crippen LogP contribution in [-0.2, 0) is 19.1 Å². The van der Waals surface area contributed by atoms with Crippen LogP contribution in [0.15, 0.2) is 12.2 Å². The molecule has 0 fully saturated rings. The van der Waals surface area contributed by atoms with Gasteiger partial charge in [0, 0.05) is 12.5 Å². The topological polar surface area (TPSA) is 52.6 Å².